The zero-order valence-corrected chi connectivity index (χ0v) is 22.5. The Bertz CT molecular complexity index is 1220. The predicted octanol–water partition coefficient (Wildman–Crippen LogP) is 7.53. The molecule has 0 radical (unpaired) electrons. The summed E-state index contributed by atoms with van der Waals surface area (Å²) in [7, 11) is 0. The SMILES string of the molecule is CC(C)c1cccc(C(=N)c2cc(CCCCC(=O)C(CCN)c3ccc(Cl)c(Cl)c3)ccc2N)c1. The van der Waals surface area contributed by atoms with Gasteiger partial charge in [-0.05, 0) is 85.2 Å². The first-order valence-corrected chi connectivity index (χ1v) is 13.2. The fraction of sp³-hybridized carbons (Fsp3) is 0.333. The molecular formula is C30H35Cl2N3O. The molecule has 190 valence electrons. The maximum absolute atomic E-state index is 13.0. The molecule has 3 aromatic carbocycles. The maximum atomic E-state index is 13.0. The van der Waals surface area contributed by atoms with Crippen LogP contribution in [-0.2, 0) is 11.2 Å². The van der Waals surface area contributed by atoms with E-state index in [4.69, 9.17) is 40.1 Å². The number of aryl methyl sites for hydroxylation is 1. The summed E-state index contributed by atoms with van der Waals surface area (Å²) in [6, 6.07) is 19.3. The highest BCUT2D eigenvalue weighted by atomic mass is 35.5. The van der Waals surface area contributed by atoms with E-state index in [9.17, 15) is 4.79 Å². The Morgan fingerprint density at radius 3 is 2.42 bits per heavy atom. The second-order valence-electron chi connectivity index (χ2n) is 9.55. The minimum absolute atomic E-state index is 0.170. The fourth-order valence-electron chi connectivity index (χ4n) is 4.40. The number of nitrogens with one attached hydrogen (secondary N) is 1. The van der Waals surface area contributed by atoms with Gasteiger partial charge in [0, 0.05) is 29.2 Å². The minimum atomic E-state index is -0.269. The van der Waals surface area contributed by atoms with Crippen molar-refractivity contribution in [3.05, 3.63) is 98.5 Å². The van der Waals surface area contributed by atoms with Gasteiger partial charge in [0.15, 0.2) is 0 Å². The van der Waals surface area contributed by atoms with E-state index in [1.165, 1.54) is 5.56 Å². The average molecular weight is 525 g/mol. The van der Waals surface area contributed by atoms with E-state index in [0.29, 0.717) is 46.7 Å². The van der Waals surface area contributed by atoms with Crippen LogP contribution in [0.3, 0.4) is 0 Å². The van der Waals surface area contributed by atoms with Crippen LogP contribution in [-0.4, -0.2) is 18.0 Å². The van der Waals surface area contributed by atoms with Gasteiger partial charge in [-0.25, -0.2) is 0 Å². The van der Waals surface area contributed by atoms with Gasteiger partial charge in [-0.15, -0.1) is 0 Å². The third-order valence-corrected chi connectivity index (χ3v) is 7.30. The van der Waals surface area contributed by atoms with E-state index in [-0.39, 0.29) is 11.7 Å². The van der Waals surface area contributed by atoms with Crippen molar-refractivity contribution < 1.29 is 4.79 Å². The number of halogens is 2. The average Bonchev–Trinajstić information content (AvgIpc) is 2.87. The number of ketones is 1. The van der Waals surface area contributed by atoms with Crippen molar-refractivity contribution in [3.8, 4) is 0 Å². The number of hydrogen-bond acceptors (Lipinski definition) is 4. The van der Waals surface area contributed by atoms with E-state index in [0.717, 1.165) is 41.5 Å². The molecular weight excluding hydrogens is 489 g/mol. The van der Waals surface area contributed by atoms with Crippen LogP contribution >= 0.6 is 23.2 Å². The summed E-state index contributed by atoms with van der Waals surface area (Å²) >= 11 is 12.2. The molecule has 1 atom stereocenters. The van der Waals surface area contributed by atoms with E-state index >= 15 is 0 Å². The molecule has 1 unspecified atom stereocenters. The van der Waals surface area contributed by atoms with Crippen molar-refractivity contribution >= 4 is 40.4 Å². The van der Waals surface area contributed by atoms with Crippen LogP contribution in [0.2, 0.25) is 10.0 Å². The molecule has 0 aliphatic rings. The van der Waals surface area contributed by atoms with Crippen molar-refractivity contribution in [2.24, 2.45) is 5.73 Å². The second kappa shape index (κ2) is 13.0. The van der Waals surface area contributed by atoms with E-state index in [2.05, 4.69) is 26.0 Å². The lowest BCUT2D eigenvalue weighted by molar-refractivity contribution is -0.120. The number of hydrogen-bond donors (Lipinski definition) is 3. The Labute approximate surface area is 224 Å². The molecule has 0 aliphatic heterocycles. The van der Waals surface area contributed by atoms with Crippen LogP contribution in [0.4, 0.5) is 5.69 Å². The first kappa shape index (κ1) is 27.9. The van der Waals surface area contributed by atoms with Gasteiger partial charge in [-0.2, -0.15) is 0 Å². The van der Waals surface area contributed by atoms with Crippen LogP contribution < -0.4 is 11.5 Å². The zero-order chi connectivity index (χ0) is 26.2. The number of carbonyl (C=O) groups is 1. The van der Waals surface area contributed by atoms with Gasteiger partial charge < -0.3 is 11.5 Å². The Hall–Kier alpha value is -2.66. The van der Waals surface area contributed by atoms with Gasteiger partial charge in [0.05, 0.1) is 15.8 Å². The smallest absolute Gasteiger partial charge is 0.140 e. The monoisotopic (exact) mass is 523 g/mol. The molecule has 0 spiro atoms. The number of nitrogen functional groups attached to an aromatic ring is 1. The number of nitrogens with two attached hydrogens (primary N) is 2. The van der Waals surface area contributed by atoms with E-state index < -0.39 is 0 Å². The topological polar surface area (TPSA) is 93.0 Å². The highest BCUT2D eigenvalue weighted by molar-refractivity contribution is 6.42. The summed E-state index contributed by atoms with van der Waals surface area (Å²) in [6.07, 6.45) is 3.51. The largest absolute Gasteiger partial charge is 0.398 e. The van der Waals surface area contributed by atoms with Crippen LogP contribution in [0.15, 0.2) is 60.7 Å². The molecule has 0 heterocycles. The number of unbranched alkanes of at least 4 members (excludes halogenated alkanes) is 1. The predicted molar refractivity (Wildman–Crippen MR) is 153 cm³/mol. The Kier molecular flexibility index (Phi) is 10.1. The molecule has 0 aromatic heterocycles. The van der Waals surface area contributed by atoms with Gasteiger partial charge in [0.1, 0.15) is 5.78 Å². The molecule has 0 aliphatic carbocycles. The molecule has 5 N–H and O–H groups in total. The molecule has 3 rings (SSSR count). The normalized spacial score (nSPS) is 12.1. The Morgan fingerprint density at radius 2 is 1.72 bits per heavy atom. The molecule has 0 bridgehead atoms. The lowest BCUT2D eigenvalue weighted by Gasteiger charge is -2.16. The molecule has 6 heteroatoms. The van der Waals surface area contributed by atoms with Crippen LogP contribution in [0.1, 0.15) is 79.2 Å². The summed E-state index contributed by atoms with van der Waals surface area (Å²) in [5, 5.41) is 9.68. The minimum Gasteiger partial charge on any atom is -0.398 e. The van der Waals surface area contributed by atoms with Crippen molar-refractivity contribution in [1.82, 2.24) is 0 Å². The van der Waals surface area contributed by atoms with Gasteiger partial charge >= 0.3 is 0 Å². The lowest BCUT2D eigenvalue weighted by Crippen LogP contribution is -2.17. The maximum Gasteiger partial charge on any atom is 0.140 e. The van der Waals surface area contributed by atoms with Crippen molar-refractivity contribution in [1.29, 1.82) is 5.41 Å². The second-order valence-corrected chi connectivity index (χ2v) is 10.4. The molecule has 0 fully saturated rings. The first-order valence-electron chi connectivity index (χ1n) is 12.5. The van der Waals surface area contributed by atoms with Crippen molar-refractivity contribution in [2.75, 3.05) is 12.3 Å². The van der Waals surface area contributed by atoms with Gasteiger partial charge in [-0.1, -0.05) is 67.4 Å². The summed E-state index contributed by atoms with van der Waals surface area (Å²) in [4.78, 5) is 13.0. The number of rotatable bonds is 12. The van der Waals surface area contributed by atoms with Crippen LogP contribution in [0, 0.1) is 5.41 Å². The zero-order valence-electron chi connectivity index (χ0n) is 21.0. The quantitative estimate of drug-likeness (QED) is 0.130. The van der Waals surface area contributed by atoms with Crippen LogP contribution in [0.25, 0.3) is 0 Å². The third-order valence-electron chi connectivity index (χ3n) is 6.56. The highest BCUT2D eigenvalue weighted by Crippen LogP contribution is 2.30. The summed E-state index contributed by atoms with van der Waals surface area (Å²) in [5.41, 5.74) is 17.8. The summed E-state index contributed by atoms with van der Waals surface area (Å²) < 4.78 is 0. The Balaban J connectivity index is 1.62. The lowest BCUT2D eigenvalue weighted by atomic mass is 9.88. The molecule has 0 saturated heterocycles. The Morgan fingerprint density at radius 1 is 0.944 bits per heavy atom. The fourth-order valence-corrected chi connectivity index (χ4v) is 4.70. The third kappa shape index (κ3) is 7.19. The summed E-state index contributed by atoms with van der Waals surface area (Å²) in [5.74, 6) is 0.295. The summed E-state index contributed by atoms with van der Waals surface area (Å²) in [6.45, 7) is 4.72. The van der Waals surface area contributed by atoms with E-state index in [1.54, 1.807) is 12.1 Å². The number of carbonyl (C=O) groups excluding carboxylic acids is 1. The van der Waals surface area contributed by atoms with Gasteiger partial charge in [0.2, 0.25) is 0 Å². The standard InChI is InChI=1S/C30H35Cl2N3O/c1-19(2)21-7-5-8-23(17-21)30(35)25-16-20(10-13-28(25)34)6-3-4-9-29(36)24(14-15-33)22-11-12-26(31)27(32)18-22/h5,7-8,10-13,16-19,24,35H,3-4,6,9,14-15,33-34H2,1-2H3. The van der Waals surface area contributed by atoms with Gasteiger partial charge in [0.25, 0.3) is 0 Å². The molecule has 3 aromatic rings. The van der Waals surface area contributed by atoms with Crippen LogP contribution in [0.5, 0.6) is 0 Å². The molecule has 4 nitrogen and oxygen atoms in total. The van der Waals surface area contributed by atoms with Gasteiger partial charge in [-0.3, -0.25) is 10.2 Å². The van der Waals surface area contributed by atoms with Crippen molar-refractivity contribution in [2.45, 2.75) is 57.8 Å². The highest BCUT2D eigenvalue weighted by Gasteiger charge is 2.20. The van der Waals surface area contributed by atoms with E-state index in [1.807, 2.05) is 36.4 Å². The molecule has 0 saturated carbocycles. The molecule has 36 heavy (non-hydrogen) atoms. The van der Waals surface area contributed by atoms with Crippen molar-refractivity contribution in [3.63, 3.8) is 0 Å². The first-order chi connectivity index (χ1) is 17.2. The number of benzene rings is 3. The molecule has 0 amide bonds. The number of Topliss-reactive ketones (excluding diaryl/α,β-unsaturated/α-hetero) is 1. The number of anilines is 1.